The van der Waals surface area contributed by atoms with Crippen molar-refractivity contribution in [3.63, 3.8) is 0 Å². The zero-order valence-corrected chi connectivity index (χ0v) is 25.1. The number of likely N-dealkylation sites (tertiary alicyclic amines) is 1. The van der Waals surface area contributed by atoms with Gasteiger partial charge in [0.2, 0.25) is 11.8 Å². The summed E-state index contributed by atoms with van der Waals surface area (Å²) in [4.78, 5) is 55.3. The summed E-state index contributed by atoms with van der Waals surface area (Å²) in [7, 11) is 1.57. The summed E-state index contributed by atoms with van der Waals surface area (Å²) in [6, 6.07) is 16.4. The quantitative estimate of drug-likeness (QED) is 0.291. The van der Waals surface area contributed by atoms with Gasteiger partial charge in [0.05, 0.1) is 6.04 Å². The van der Waals surface area contributed by atoms with Gasteiger partial charge in [-0.3, -0.25) is 9.59 Å². The van der Waals surface area contributed by atoms with Gasteiger partial charge in [0.1, 0.15) is 24.3 Å². The zero-order valence-electron chi connectivity index (χ0n) is 25.1. The van der Waals surface area contributed by atoms with E-state index >= 15 is 0 Å². The molecule has 3 atom stereocenters. The lowest BCUT2D eigenvalue weighted by Crippen LogP contribution is -2.56. The van der Waals surface area contributed by atoms with Crippen LogP contribution in [0.2, 0.25) is 0 Å². The van der Waals surface area contributed by atoms with E-state index in [1.807, 2.05) is 60.7 Å². The minimum Gasteiger partial charge on any atom is -0.459 e. The minimum absolute atomic E-state index is 0.127. The number of esters is 1. The number of nitrogens with two attached hydrogens (primary N) is 1. The second-order valence-corrected chi connectivity index (χ2v) is 11.6. The molecule has 1 heterocycles. The van der Waals surface area contributed by atoms with Gasteiger partial charge in [0.25, 0.3) is 0 Å². The maximum atomic E-state index is 14.0. The Balaban J connectivity index is 1.65. The summed E-state index contributed by atoms with van der Waals surface area (Å²) >= 11 is 0. The Kier molecular flexibility index (Phi) is 11.9. The zero-order chi connectivity index (χ0) is 30.7. The van der Waals surface area contributed by atoms with Crippen LogP contribution in [0, 0.1) is 0 Å². The van der Waals surface area contributed by atoms with E-state index in [0.717, 1.165) is 11.1 Å². The molecule has 1 aliphatic heterocycles. The standard InChI is InChI=1S/C32H44N4O6/c1-32(2,3)42-31(40)34-19-11-17-25(33)28(37)35(4)27(21-23-13-7-5-8-14-23)29(38)36-20-12-18-26(36)30(39)41-22-24-15-9-6-10-16-24/h5-10,13-16,25-27H,11-12,17-22,33H2,1-4H3,(H,34,40)/t25-,26-,27+/m0/s1. The molecule has 3 rings (SSSR count). The lowest BCUT2D eigenvalue weighted by Gasteiger charge is -2.34. The molecule has 2 aromatic rings. The van der Waals surface area contributed by atoms with Crippen molar-refractivity contribution in [1.82, 2.24) is 15.1 Å². The largest absolute Gasteiger partial charge is 0.459 e. The van der Waals surface area contributed by atoms with Gasteiger partial charge >= 0.3 is 12.1 Å². The van der Waals surface area contributed by atoms with Crippen molar-refractivity contribution in [2.45, 2.75) is 83.2 Å². The molecule has 0 saturated carbocycles. The van der Waals surface area contributed by atoms with Crippen LogP contribution in [0.15, 0.2) is 60.7 Å². The maximum absolute atomic E-state index is 14.0. The van der Waals surface area contributed by atoms with Crippen LogP contribution in [0.25, 0.3) is 0 Å². The van der Waals surface area contributed by atoms with Crippen LogP contribution in [0.1, 0.15) is 57.6 Å². The van der Waals surface area contributed by atoms with E-state index in [1.165, 1.54) is 4.90 Å². The highest BCUT2D eigenvalue weighted by molar-refractivity contribution is 5.92. The number of alkyl carbamates (subject to hydrolysis) is 1. The molecule has 10 heteroatoms. The smallest absolute Gasteiger partial charge is 0.407 e. The van der Waals surface area contributed by atoms with Gasteiger partial charge in [-0.05, 0) is 57.6 Å². The average Bonchev–Trinajstić information content (AvgIpc) is 3.46. The molecular weight excluding hydrogens is 536 g/mol. The molecule has 10 nitrogen and oxygen atoms in total. The average molecular weight is 581 g/mol. The number of benzene rings is 2. The molecule has 0 radical (unpaired) electrons. The van der Waals surface area contributed by atoms with Crippen molar-refractivity contribution >= 4 is 23.9 Å². The van der Waals surface area contributed by atoms with E-state index in [4.69, 9.17) is 15.2 Å². The Labute approximate surface area is 248 Å². The third kappa shape index (κ3) is 9.87. The molecule has 3 amide bonds. The Morgan fingerprint density at radius 2 is 1.64 bits per heavy atom. The second-order valence-electron chi connectivity index (χ2n) is 11.6. The molecule has 228 valence electrons. The van der Waals surface area contributed by atoms with E-state index in [9.17, 15) is 19.2 Å². The fourth-order valence-electron chi connectivity index (χ4n) is 4.88. The fourth-order valence-corrected chi connectivity index (χ4v) is 4.88. The van der Waals surface area contributed by atoms with Crippen LogP contribution >= 0.6 is 0 Å². The van der Waals surface area contributed by atoms with Gasteiger partial charge in [0.15, 0.2) is 0 Å². The number of amides is 3. The molecule has 1 aliphatic rings. The predicted octanol–water partition coefficient (Wildman–Crippen LogP) is 3.42. The Bertz CT molecular complexity index is 1180. The van der Waals surface area contributed by atoms with E-state index in [1.54, 1.807) is 32.7 Å². The summed E-state index contributed by atoms with van der Waals surface area (Å²) in [6.07, 6.45) is 1.67. The fraction of sp³-hybridized carbons (Fsp3) is 0.500. The van der Waals surface area contributed by atoms with E-state index < -0.39 is 35.8 Å². The normalized spacial score (nSPS) is 16.3. The van der Waals surface area contributed by atoms with E-state index in [-0.39, 0.29) is 24.8 Å². The van der Waals surface area contributed by atoms with Gasteiger partial charge in [-0.1, -0.05) is 60.7 Å². The number of hydrogen-bond acceptors (Lipinski definition) is 7. The van der Waals surface area contributed by atoms with Crippen LogP contribution in [-0.2, 0) is 36.9 Å². The number of nitrogens with one attached hydrogen (secondary N) is 1. The Morgan fingerprint density at radius 3 is 2.26 bits per heavy atom. The highest BCUT2D eigenvalue weighted by Gasteiger charge is 2.40. The van der Waals surface area contributed by atoms with E-state index in [2.05, 4.69) is 5.32 Å². The van der Waals surface area contributed by atoms with Crippen LogP contribution in [-0.4, -0.2) is 77.5 Å². The molecule has 42 heavy (non-hydrogen) atoms. The Hall–Kier alpha value is -3.92. The van der Waals surface area contributed by atoms with Crippen molar-refractivity contribution in [2.24, 2.45) is 5.73 Å². The number of nitrogens with zero attached hydrogens (tertiary/aromatic N) is 2. The monoisotopic (exact) mass is 580 g/mol. The van der Waals surface area contributed by atoms with Crippen molar-refractivity contribution in [3.05, 3.63) is 71.8 Å². The number of likely N-dealkylation sites (N-methyl/N-ethyl adjacent to an activating group) is 1. The van der Waals surface area contributed by atoms with Crippen LogP contribution in [0.4, 0.5) is 4.79 Å². The SMILES string of the molecule is CN(C(=O)[C@@H](N)CCCNC(=O)OC(C)(C)C)[C@H](Cc1ccccc1)C(=O)N1CCC[C@H]1C(=O)OCc1ccccc1. The lowest BCUT2D eigenvalue weighted by molar-refractivity contribution is -0.157. The van der Waals surface area contributed by atoms with Crippen LogP contribution < -0.4 is 11.1 Å². The van der Waals surface area contributed by atoms with Crippen LogP contribution in [0.5, 0.6) is 0 Å². The van der Waals surface area contributed by atoms with Crippen molar-refractivity contribution in [2.75, 3.05) is 20.1 Å². The number of ether oxygens (including phenoxy) is 2. The molecule has 0 spiro atoms. The molecule has 1 fully saturated rings. The van der Waals surface area contributed by atoms with Gasteiger partial charge in [-0.15, -0.1) is 0 Å². The topological polar surface area (TPSA) is 131 Å². The predicted molar refractivity (Wildman–Crippen MR) is 159 cm³/mol. The van der Waals surface area contributed by atoms with Gasteiger partial charge in [-0.2, -0.15) is 0 Å². The maximum Gasteiger partial charge on any atom is 0.407 e. The first-order chi connectivity index (χ1) is 20.0. The van der Waals surface area contributed by atoms with Gasteiger partial charge in [0, 0.05) is 26.6 Å². The third-order valence-corrected chi connectivity index (χ3v) is 7.08. The van der Waals surface area contributed by atoms with Crippen molar-refractivity contribution in [3.8, 4) is 0 Å². The molecular formula is C32H44N4O6. The summed E-state index contributed by atoms with van der Waals surface area (Å²) < 4.78 is 10.8. The number of carbonyl (C=O) groups excluding carboxylic acids is 4. The van der Waals surface area contributed by atoms with Crippen LogP contribution in [0.3, 0.4) is 0 Å². The highest BCUT2D eigenvalue weighted by Crippen LogP contribution is 2.23. The second kappa shape index (κ2) is 15.3. The molecule has 3 N–H and O–H groups in total. The summed E-state index contributed by atoms with van der Waals surface area (Å²) in [6.45, 7) is 6.17. The molecule has 2 aromatic carbocycles. The molecule has 0 unspecified atom stereocenters. The lowest BCUT2D eigenvalue weighted by atomic mass is 10.0. The van der Waals surface area contributed by atoms with Crippen molar-refractivity contribution < 1.29 is 28.7 Å². The summed E-state index contributed by atoms with van der Waals surface area (Å²) in [5, 5.41) is 2.66. The molecule has 1 saturated heterocycles. The minimum atomic E-state index is -0.869. The molecule has 0 bridgehead atoms. The number of rotatable bonds is 12. The van der Waals surface area contributed by atoms with Crippen molar-refractivity contribution in [1.29, 1.82) is 0 Å². The summed E-state index contributed by atoms with van der Waals surface area (Å²) in [5.41, 5.74) is 7.40. The van der Waals surface area contributed by atoms with Gasteiger partial charge < -0.3 is 30.3 Å². The van der Waals surface area contributed by atoms with Gasteiger partial charge in [-0.25, -0.2) is 9.59 Å². The first-order valence-corrected chi connectivity index (χ1v) is 14.5. The summed E-state index contributed by atoms with van der Waals surface area (Å²) in [5.74, 6) is -1.15. The molecule has 0 aliphatic carbocycles. The Morgan fingerprint density at radius 1 is 1.02 bits per heavy atom. The first-order valence-electron chi connectivity index (χ1n) is 14.5. The number of carbonyl (C=O) groups is 4. The molecule has 0 aromatic heterocycles. The third-order valence-electron chi connectivity index (χ3n) is 7.08. The number of hydrogen-bond donors (Lipinski definition) is 2. The van der Waals surface area contributed by atoms with E-state index in [0.29, 0.717) is 38.8 Å². The first kappa shape index (κ1) is 32.6. The highest BCUT2D eigenvalue weighted by atomic mass is 16.6.